The molecule has 0 bridgehead atoms. The summed E-state index contributed by atoms with van der Waals surface area (Å²) < 4.78 is 31.3. The number of hydrogen-bond donors (Lipinski definition) is 1. The quantitative estimate of drug-likeness (QED) is 0.923. The van der Waals surface area contributed by atoms with Crippen molar-refractivity contribution in [3.63, 3.8) is 0 Å². The molecule has 0 aliphatic rings. The molecule has 0 spiro atoms. The van der Waals surface area contributed by atoms with Gasteiger partial charge in [0.1, 0.15) is 5.75 Å². The number of nitrogens with one attached hydrogen (secondary N) is 1. The van der Waals surface area contributed by atoms with E-state index in [2.05, 4.69) is 31.1 Å². The SMILES string of the molecule is CC(C)(C)NCc1ccc(Oc2ccc(F)c(F)c2)nc1. The molecule has 0 unspecified atom stereocenters. The van der Waals surface area contributed by atoms with Crippen molar-refractivity contribution in [3.8, 4) is 11.6 Å². The largest absolute Gasteiger partial charge is 0.439 e. The third-order valence-corrected chi connectivity index (χ3v) is 2.73. The summed E-state index contributed by atoms with van der Waals surface area (Å²) in [4.78, 5) is 4.15. The minimum absolute atomic E-state index is 0.0286. The van der Waals surface area contributed by atoms with Crippen LogP contribution in [0.25, 0.3) is 0 Å². The maximum Gasteiger partial charge on any atom is 0.219 e. The van der Waals surface area contributed by atoms with Crippen molar-refractivity contribution in [1.82, 2.24) is 10.3 Å². The first-order chi connectivity index (χ1) is 9.83. The average Bonchev–Trinajstić information content (AvgIpc) is 2.41. The van der Waals surface area contributed by atoms with Crippen LogP contribution in [0.15, 0.2) is 36.5 Å². The molecule has 1 N–H and O–H groups in total. The first-order valence-corrected chi connectivity index (χ1v) is 6.66. The lowest BCUT2D eigenvalue weighted by atomic mass is 10.1. The lowest BCUT2D eigenvalue weighted by Crippen LogP contribution is -2.35. The monoisotopic (exact) mass is 292 g/mol. The molecule has 0 radical (unpaired) electrons. The van der Waals surface area contributed by atoms with E-state index in [1.54, 1.807) is 12.3 Å². The molecular weight excluding hydrogens is 274 g/mol. The van der Waals surface area contributed by atoms with E-state index in [4.69, 9.17) is 4.74 Å². The Morgan fingerprint density at radius 1 is 1.10 bits per heavy atom. The fraction of sp³-hybridized carbons (Fsp3) is 0.312. The van der Waals surface area contributed by atoms with Gasteiger partial charge < -0.3 is 10.1 Å². The van der Waals surface area contributed by atoms with Gasteiger partial charge in [0.05, 0.1) is 0 Å². The first kappa shape index (κ1) is 15.4. The molecule has 2 rings (SSSR count). The number of rotatable bonds is 4. The zero-order valence-electron chi connectivity index (χ0n) is 12.3. The van der Waals surface area contributed by atoms with Crippen LogP contribution in [0.1, 0.15) is 26.3 Å². The van der Waals surface area contributed by atoms with Crippen molar-refractivity contribution in [2.45, 2.75) is 32.9 Å². The van der Waals surface area contributed by atoms with E-state index >= 15 is 0 Å². The predicted octanol–water partition coefficient (Wildman–Crippen LogP) is 4.04. The first-order valence-electron chi connectivity index (χ1n) is 6.66. The molecule has 0 amide bonds. The van der Waals surface area contributed by atoms with E-state index < -0.39 is 11.6 Å². The minimum Gasteiger partial charge on any atom is -0.439 e. The van der Waals surface area contributed by atoms with Gasteiger partial charge in [-0.3, -0.25) is 0 Å². The van der Waals surface area contributed by atoms with Gasteiger partial charge in [0, 0.05) is 30.4 Å². The van der Waals surface area contributed by atoms with Gasteiger partial charge in [-0.15, -0.1) is 0 Å². The van der Waals surface area contributed by atoms with Crippen LogP contribution in [-0.4, -0.2) is 10.5 Å². The number of benzene rings is 1. The molecule has 3 nitrogen and oxygen atoms in total. The maximum absolute atomic E-state index is 13.1. The number of nitrogens with zero attached hydrogens (tertiary/aromatic N) is 1. The molecule has 1 heterocycles. The lowest BCUT2D eigenvalue weighted by molar-refractivity contribution is 0.422. The predicted molar refractivity (Wildman–Crippen MR) is 77.3 cm³/mol. The number of halogens is 2. The number of pyridine rings is 1. The Balaban J connectivity index is 2.00. The van der Waals surface area contributed by atoms with Crippen molar-refractivity contribution in [3.05, 3.63) is 53.7 Å². The summed E-state index contributed by atoms with van der Waals surface area (Å²) in [6, 6.07) is 6.94. The second-order valence-electron chi connectivity index (χ2n) is 5.79. The molecule has 1 aromatic carbocycles. The molecule has 5 heteroatoms. The van der Waals surface area contributed by atoms with Crippen LogP contribution in [-0.2, 0) is 6.54 Å². The smallest absolute Gasteiger partial charge is 0.219 e. The topological polar surface area (TPSA) is 34.1 Å². The van der Waals surface area contributed by atoms with Crippen molar-refractivity contribution in [2.24, 2.45) is 0 Å². The molecule has 0 saturated carbocycles. The highest BCUT2D eigenvalue weighted by Gasteiger charge is 2.09. The lowest BCUT2D eigenvalue weighted by Gasteiger charge is -2.20. The van der Waals surface area contributed by atoms with Crippen LogP contribution in [0.3, 0.4) is 0 Å². The summed E-state index contributed by atoms with van der Waals surface area (Å²) in [7, 11) is 0. The summed E-state index contributed by atoms with van der Waals surface area (Å²) >= 11 is 0. The summed E-state index contributed by atoms with van der Waals surface area (Å²) in [5.41, 5.74) is 1.04. The Labute approximate surface area is 123 Å². The minimum atomic E-state index is -0.946. The van der Waals surface area contributed by atoms with E-state index in [0.717, 1.165) is 17.7 Å². The third-order valence-electron chi connectivity index (χ3n) is 2.73. The van der Waals surface area contributed by atoms with Gasteiger partial charge in [-0.05, 0) is 38.5 Å². The van der Waals surface area contributed by atoms with E-state index in [1.807, 2.05) is 6.07 Å². The molecular formula is C16H18F2N2O. The summed E-state index contributed by atoms with van der Waals surface area (Å²) in [6.45, 7) is 6.95. The summed E-state index contributed by atoms with van der Waals surface area (Å²) in [6.07, 6.45) is 1.69. The third kappa shape index (κ3) is 4.79. The van der Waals surface area contributed by atoms with Crippen LogP contribution in [0.4, 0.5) is 8.78 Å². The van der Waals surface area contributed by atoms with Crippen molar-refractivity contribution in [1.29, 1.82) is 0 Å². The Hall–Kier alpha value is -2.01. The van der Waals surface area contributed by atoms with Crippen molar-refractivity contribution >= 4 is 0 Å². The molecule has 0 atom stereocenters. The van der Waals surface area contributed by atoms with Gasteiger partial charge in [0.15, 0.2) is 11.6 Å². The van der Waals surface area contributed by atoms with Crippen LogP contribution >= 0.6 is 0 Å². The molecule has 1 aromatic heterocycles. The van der Waals surface area contributed by atoms with E-state index in [0.29, 0.717) is 12.4 Å². The second-order valence-corrected chi connectivity index (χ2v) is 5.79. The van der Waals surface area contributed by atoms with Crippen LogP contribution in [0, 0.1) is 11.6 Å². The van der Waals surface area contributed by atoms with Gasteiger partial charge in [0.25, 0.3) is 0 Å². The van der Waals surface area contributed by atoms with Crippen LogP contribution < -0.4 is 10.1 Å². The number of aromatic nitrogens is 1. The zero-order valence-corrected chi connectivity index (χ0v) is 12.3. The normalized spacial score (nSPS) is 11.5. The average molecular weight is 292 g/mol. The standard InChI is InChI=1S/C16H18F2N2O/c1-16(2,3)20-10-11-4-7-15(19-9-11)21-12-5-6-13(17)14(18)8-12/h4-9,20H,10H2,1-3H3. The zero-order chi connectivity index (χ0) is 15.5. The summed E-state index contributed by atoms with van der Waals surface area (Å²) in [5.74, 6) is -1.31. The van der Waals surface area contributed by atoms with Crippen LogP contribution in [0.2, 0.25) is 0 Å². The fourth-order valence-electron chi connectivity index (χ4n) is 1.60. The number of hydrogen-bond acceptors (Lipinski definition) is 3. The van der Waals surface area contributed by atoms with Crippen molar-refractivity contribution < 1.29 is 13.5 Å². The molecule has 0 saturated heterocycles. The van der Waals surface area contributed by atoms with E-state index in [1.165, 1.54) is 6.07 Å². The molecule has 21 heavy (non-hydrogen) atoms. The van der Waals surface area contributed by atoms with Gasteiger partial charge in [-0.25, -0.2) is 13.8 Å². The van der Waals surface area contributed by atoms with E-state index in [-0.39, 0.29) is 11.3 Å². The Morgan fingerprint density at radius 2 is 1.86 bits per heavy atom. The summed E-state index contributed by atoms with van der Waals surface area (Å²) in [5, 5.41) is 3.35. The van der Waals surface area contributed by atoms with Gasteiger partial charge in [0.2, 0.25) is 5.88 Å². The van der Waals surface area contributed by atoms with Gasteiger partial charge in [-0.2, -0.15) is 0 Å². The van der Waals surface area contributed by atoms with Gasteiger partial charge in [-0.1, -0.05) is 6.07 Å². The highest BCUT2D eigenvalue weighted by Crippen LogP contribution is 2.21. The molecule has 0 aliphatic carbocycles. The second kappa shape index (κ2) is 6.18. The Kier molecular flexibility index (Phi) is 4.53. The highest BCUT2D eigenvalue weighted by atomic mass is 19.2. The fourth-order valence-corrected chi connectivity index (χ4v) is 1.60. The molecule has 0 fully saturated rings. The molecule has 112 valence electrons. The van der Waals surface area contributed by atoms with Crippen LogP contribution in [0.5, 0.6) is 11.6 Å². The Bertz CT molecular complexity index is 607. The molecule has 2 aromatic rings. The van der Waals surface area contributed by atoms with E-state index in [9.17, 15) is 8.78 Å². The number of ether oxygens (including phenoxy) is 1. The molecule has 0 aliphatic heterocycles. The van der Waals surface area contributed by atoms with Crippen molar-refractivity contribution in [2.75, 3.05) is 0 Å². The highest BCUT2D eigenvalue weighted by molar-refractivity contribution is 5.28. The maximum atomic E-state index is 13.1. The van der Waals surface area contributed by atoms with Gasteiger partial charge >= 0.3 is 0 Å². The Morgan fingerprint density at radius 3 is 2.43 bits per heavy atom.